The first-order chi connectivity index (χ1) is 5.22. The third-order valence-corrected chi connectivity index (χ3v) is 1.04. The molecule has 0 unspecified atom stereocenters. The van der Waals surface area contributed by atoms with Gasteiger partial charge in [0.05, 0.1) is 6.54 Å². The van der Waals surface area contributed by atoms with Gasteiger partial charge in [0, 0.05) is 7.05 Å². The second-order valence-electron chi connectivity index (χ2n) is 1.88. The first kappa shape index (κ1) is 9.66. The van der Waals surface area contributed by atoms with Crippen molar-refractivity contribution in [3.8, 4) is 12.3 Å². The van der Waals surface area contributed by atoms with E-state index in [2.05, 4.69) is 15.9 Å². The smallest absolute Gasteiger partial charge is 0.118 e. The van der Waals surface area contributed by atoms with E-state index in [0.717, 1.165) is 0 Å². The van der Waals surface area contributed by atoms with E-state index in [4.69, 9.17) is 12.3 Å². The summed E-state index contributed by atoms with van der Waals surface area (Å²) in [6.07, 6.45) is 6.46. The van der Waals surface area contributed by atoms with Crippen LogP contribution in [0.4, 0.5) is 0 Å². The number of nitrogens with two attached hydrogens (primary N) is 1. The average Bonchev–Trinajstić information content (AvgIpc) is 2.00. The molecule has 0 heterocycles. The largest absolute Gasteiger partial charge is 0.286 e. The van der Waals surface area contributed by atoms with Crippen LogP contribution in [0.2, 0.25) is 0 Å². The van der Waals surface area contributed by atoms with E-state index in [1.54, 1.807) is 14.0 Å². The Balaban J connectivity index is 4.02. The average molecular weight is 152 g/mol. The molecule has 0 bridgehead atoms. The van der Waals surface area contributed by atoms with Gasteiger partial charge in [-0.1, -0.05) is 5.92 Å². The molecule has 0 atom stereocenters. The highest BCUT2D eigenvalue weighted by atomic mass is 15.4. The molecule has 4 nitrogen and oxygen atoms in total. The zero-order valence-corrected chi connectivity index (χ0v) is 6.78. The van der Waals surface area contributed by atoms with Crippen LogP contribution in [0.3, 0.4) is 0 Å². The van der Waals surface area contributed by atoms with Crippen molar-refractivity contribution in [2.45, 2.75) is 6.92 Å². The summed E-state index contributed by atoms with van der Waals surface area (Å²) in [4.78, 5) is 7.56. The van der Waals surface area contributed by atoms with Gasteiger partial charge in [-0.2, -0.15) is 0 Å². The number of hydrogen-bond donors (Lipinski definition) is 1. The third kappa shape index (κ3) is 4.12. The first-order valence-corrected chi connectivity index (χ1v) is 3.13. The summed E-state index contributed by atoms with van der Waals surface area (Å²) in [7, 11) is 1.64. The molecule has 0 aromatic carbocycles. The minimum absolute atomic E-state index is 0.354. The van der Waals surface area contributed by atoms with E-state index in [1.165, 1.54) is 11.3 Å². The van der Waals surface area contributed by atoms with E-state index in [9.17, 15) is 0 Å². The number of hydrogen-bond acceptors (Lipinski definition) is 2. The molecule has 0 saturated heterocycles. The molecule has 0 rings (SSSR count). The van der Waals surface area contributed by atoms with Crippen molar-refractivity contribution < 1.29 is 0 Å². The maximum atomic E-state index is 5.47. The quantitative estimate of drug-likeness (QED) is 0.197. The molecular formula is C7H12N4. The second kappa shape index (κ2) is 5.45. The Morgan fingerprint density at radius 1 is 1.82 bits per heavy atom. The SMILES string of the molecule is C#CCN(N)/C(C)=N/C=N\C. The minimum Gasteiger partial charge on any atom is -0.286 e. The third-order valence-electron chi connectivity index (χ3n) is 1.04. The number of terminal acetylenes is 1. The lowest BCUT2D eigenvalue weighted by Crippen LogP contribution is -2.35. The number of aliphatic imine (C=N–C) groups is 2. The Morgan fingerprint density at radius 3 is 2.91 bits per heavy atom. The molecule has 0 aliphatic rings. The van der Waals surface area contributed by atoms with Gasteiger partial charge in [-0.15, -0.1) is 6.42 Å². The normalized spacial score (nSPS) is 11.6. The highest BCUT2D eigenvalue weighted by Gasteiger charge is 1.95. The summed E-state index contributed by atoms with van der Waals surface area (Å²) in [6.45, 7) is 2.12. The highest BCUT2D eigenvalue weighted by molar-refractivity contribution is 5.86. The maximum absolute atomic E-state index is 5.47. The summed E-state index contributed by atoms with van der Waals surface area (Å²) in [6, 6.07) is 0. The lowest BCUT2D eigenvalue weighted by atomic mass is 10.5. The van der Waals surface area contributed by atoms with Crippen molar-refractivity contribution in [2.24, 2.45) is 15.8 Å². The van der Waals surface area contributed by atoms with Crippen molar-refractivity contribution in [3.63, 3.8) is 0 Å². The second-order valence-corrected chi connectivity index (χ2v) is 1.88. The lowest BCUT2D eigenvalue weighted by molar-refractivity contribution is 0.494. The fourth-order valence-electron chi connectivity index (χ4n) is 0.428. The van der Waals surface area contributed by atoms with Crippen LogP contribution in [0.5, 0.6) is 0 Å². The molecule has 0 saturated carbocycles. The molecule has 60 valence electrons. The predicted octanol–water partition coefficient (Wildman–Crippen LogP) is -0.128. The van der Waals surface area contributed by atoms with E-state index in [0.29, 0.717) is 12.4 Å². The van der Waals surface area contributed by atoms with Gasteiger partial charge in [-0.3, -0.25) is 10.0 Å². The van der Waals surface area contributed by atoms with Crippen LogP contribution in [0.25, 0.3) is 0 Å². The van der Waals surface area contributed by atoms with Gasteiger partial charge in [0.25, 0.3) is 0 Å². The Morgan fingerprint density at radius 2 is 2.45 bits per heavy atom. The molecule has 4 heteroatoms. The van der Waals surface area contributed by atoms with E-state index < -0.39 is 0 Å². The van der Waals surface area contributed by atoms with E-state index in [-0.39, 0.29) is 0 Å². The molecule has 0 aliphatic heterocycles. The molecule has 2 N–H and O–H groups in total. The van der Waals surface area contributed by atoms with Gasteiger partial charge < -0.3 is 0 Å². The van der Waals surface area contributed by atoms with Crippen molar-refractivity contribution in [2.75, 3.05) is 13.6 Å². The minimum atomic E-state index is 0.354. The van der Waals surface area contributed by atoms with Crippen LogP contribution in [0, 0.1) is 12.3 Å². The van der Waals surface area contributed by atoms with Crippen molar-refractivity contribution in [3.05, 3.63) is 0 Å². The maximum Gasteiger partial charge on any atom is 0.118 e. The van der Waals surface area contributed by atoms with Crippen LogP contribution < -0.4 is 5.84 Å². The fourth-order valence-corrected chi connectivity index (χ4v) is 0.428. The topological polar surface area (TPSA) is 54.0 Å². The fraction of sp³-hybridized carbons (Fsp3) is 0.429. The van der Waals surface area contributed by atoms with Gasteiger partial charge in [-0.25, -0.2) is 10.8 Å². The van der Waals surface area contributed by atoms with Crippen molar-refractivity contribution >= 4 is 12.2 Å². The van der Waals surface area contributed by atoms with Crippen molar-refractivity contribution in [1.29, 1.82) is 0 Å². The van der Waals surface area contributed by atoms with Crippen LogP contribution in [-0.2, 0) is 0 Å². The molecule has 0 spiro atoms. The summed E-state index contributed by atoms with van der Waals surface area (Å²) >= 11 is 0. The Labute approximate surface area is 66.8 Å². The number of hydrazine groups is 1. The highest BCUT2D eigenvalue weighted by Crippen LogP contribution is 1.80. The van der Waals surface area contributed by atoms with Crippen LogP contribution in [-0.4, -0.2) is 30.8 Å². The van der Waals surface area contributed by atoms with Gasteiger partial charge in [0.2, 0.25) is 0 Å². The molecule has 0 aromatic heterocycles. The molecule has 0 amide bonds. The summed E-state index contributed by atoms with van der Waals surface area (Å²) < 4.78 is 0. The Hall–Kier alpha value is -1.34. The number of rotatable bonds is 2. The molecule has 0 fully saturated rings. The standard InChI is InChI=1S/C7H12N4/c1-4-5-11(8)7(2)10-6-9-3/h1,6H,5,8H2,2-3H3/b9-6-,10-7+. The van der Waals surface area contributed by atoms with Crippen LogP contribution >= 0.6 is 0 Å². The molecule has 0 aromatic rings. The monoisotopic (exact) mass is 152 g/mol. The molecule has 0 radical (unpaired) electrons. The van der Waals surface area contributed by atoms with Gasteiger partial charge in [0.1, 0.15) is 12.2 Å². The van der Waals surface area contributed by atoms with Crippen LogP contribution in [0.1, 0.15) is 6.92 Å². The summed E-state index contributed by atoms with van der Waals surface area (Å²) in [5.74, 6) is 8.51. The van der Waals surface area contributed by atoms with Crippen LogP contribution in [0.15, 0.2) is 9.98 Å². The zero-order valence-electron chi connectivity index (χ0n) is 6.78. The first-order valence-electron chi connectivity index (χ1n) is 3.13. The molecular weight excluding hydrogens is 140 g/mol. The van der Waals surface area contributed by atoms with E-state index >= 15 is 0 Å². The number of nitrogens with zero attached hydrogens (tertiary/aromatic N) is 3. The summed E-state index contributed by atoms with van der Waals surface area (Å²) in [5, 5.41) is 1.38. The zero-order chi connectivity index (χ0) is 8.69. The molecule has 11 heavy (non-hydrogen) atoms. The Bertz CT molecular complexity index is 199. The van der Waals surface area contributed by atoms with Gasteiger partial charge in [0.15, 0.2) is 0 Å². The van der Waals surface area contributed by atoms with Gasteiger partial charge in [-0.05, 0) is 6.92 Å². The van der Waals surface area contributed by atoms with Crippen molar-refractivity contribution in [1.82, 2.24) is 5.01 Å². The lowest BCUT2D eigenvalue weighted by Gasteiger charge is -2.12. The Kier molecular flexibility index (Phi) is 4.78. The number of amidine groups is 1. The summed E-state index contributed by atoms with van der Waals surface area (Å²) in [5.41, 5.74) is 0. The van der Waals surface area contributed by atoms with Gasteiger partial charge >= 0.3 is 0 Å². The molecule has 0 aliphatic carbocycles. The van der Waals surface area contributed by atoms with E-state index in [1.807, 2.05) is 0 Å². The predicted molar refractivity (Wildman–Crippen MR) is 47.3 cm³/mol.